The Labute approximate surface area is 197 Å². The van der Waals surface area contributed by atoms with E-state index in [9.17, 15) is 20.0 Å². The number of carbonyl (C=O) groups is 1. The Morgan fingerprint density at radius 2 is 2.12 bits per heavy atom. The molecule has 1 aliphatic carbocycles. The smallest absolute Gasteiger partial charge is 0.411 e. The molecule has 0 unspecified atom stereocenters. The lowest BCUT2D eigenvalue weighted by atomic mass is 9.67. The number of unbranched alkanes of at least 4 members (excludes halogenated alkanes) is 1. The van der Waals surface area contributed by atoms with Crippen molar-refractivity contribution in [2.45, 2.75) is 77.2 Å². The van der Waals surface area contributed by atoms with Gasteiger partial charge in [-0.25, -0.2) is 13.6 Å². The van der Waals surface area contributed by atoms with Gasteiger partial charge in [-0.05, 0) is 52.2 Å². The molecule has 2 atom stereocenters. The van der Waals surface area contributed by atoms with Crippen molar-refractivity contribution in [1.29, 1.82) is 0 Å². The minimum Gasteiger partial charge on any atom is -0.487 e. The standard InChI is InChI=1S/C24H32F2N2O6/c1-5-6-9-24(25,26)16-13-19(27(22(29)30)10-11-33-28(31)32)21-17-12-15(2)7-8-18(17)23(3,4)34-20(21)14-16/h12-14,17-18H,5-11H2,1-4H3,(H,29,30)/t17-,18-/m1/s1. The van der Waals surface area contributed by atoms with E-state index >= 15 is 8.78 Å². The highest BCUT2D eigenvalue weighted by Crippen LogP contribution is 2.55. The van der Waals surface area contributed by atoms with Gasteiger partial charge >= 0.3 is 6.09 Å². The van der Waals surface area contributed by atoms with Gasteiger partial charge in [0, 0.05) is 29.4 Å². The zero-order valence-corrected chi connectivity index (χ0v) is 20.0. The van der Waals surface area contributed by atoms with E-state index in [4.69, 9.17) is 4.74 Å². The van der Waals surface area contributed by atoms with Crippen LogP contribution in [0.2, 0.25) is 0 Å². The van der Waals surface area contributed by atoms with E-state index < -0.39 is 35.9 Å². The van der Waals surface area contributed by atoms with Gasteiger partial charge < -0.3 is 14.7 Å². The van der Waals surface area contributed by atoms with Crippen LogP contribution in [-0.2, 0) is 10.8 Å². The molecular formula is C24H32F2N2O6. The van der Waals surface area contributed by atoms with Crippen molar-refractivity contribution >= 4 is 11.8 Å². The highest BCUT2D eigenvalue weighted by molar-refractivity contribution is 5.88. The van der Waals surface area contributed by atoms with E-state index in [2.05, 4.69) is 10.9 Å². The first-order valence-corrected chi connectivity index (χ1v) is 11.6. The van der Waals surface area contributed by atoms with E-state index in [0.717, 1.165) is 23.3 Å². The van der Waals surface area contributed by atoms with Crippen LogP contribution in [0, 0.1) is 16.0 Å². The SMILES string of the molecule is CCCCC(F)(F)c1cc2c(c(N(CCO[N+](=O)[O-])C(=O)O)c1)[C@@H]1C=C(C)CC[C@H]1C(C)(C)O2. The molecule has 0 aromatic heterocycles. The lowest BCUT2D eigenvalue weighted by Crippen LogP contribution is -2.46. The number of rotatable bonds is 9. The summed E-state index contributed by atoms with van der Waals surface area (Å²) in [5.74, 6) is -3.19. The zero-order valence-electron chi connectivity index (χ0n) is 20.0. The molecule has 188 valence electrons. The number of benzene rings is 1. The van der Waals surface area contributed by atoms with Crippen LogP contribution in [0.1, 0.15) is 76.8 Å². The second-order valence-electron chi connectivity index (χ2n) is 9.60. The first-order valence-electron chi connectivity index (χ1n) is 11.6. The number of alkyl halides is 2. The number of halogens is 2. The van der Waals surface area contributed by atoms with Crippen molar-refractivity contribution in [2.75, 3.05) is 18.1 Å². The molecule has 8 nitrogen and oxygen atoms in total. The Morgan fingerprint density at radius 3 is 2.74 bits per heavy atom. The van der Waals surface area contributed by atoms with Crippen LogP contribution < -0.4 is 9.64 Å². The number of anilines is 1. The third-order valence-electron chi connectivity index (χ3n) is 6.77. The van der Waals surface area contributed by atoms with Gasteiger partial charge in [-0.1, -0.05) is 25.0 Å². The fraction of sp³-hybridized carbons (Fsp3) is 0.625. The first-order chi connectivity index (χ1) is 15.9. The largest absolute Gasteiger partial charge is 0.487 e. The van der Waals surface area contributed by atoms with Gasteiger partial charge in [0.1, 0.15) is 18.0 Å². The molecule has 10 heteroatoms. The van der Waals surface area contributed by atoms with Crippen LogP contribution in [0.4, 0.5) is 19.3 Å². The summed E-state index contributed by atoms with van der Waals surface area (Å²) in [6, 6.07) is 2.53. The van der Waals surface area contributed by atoms with Gasteiger partial charge in [0.25, 0.3) is 11.0 Å². The average Bonchev–Trinajstić information content (AvgIpc) is 2.73. The monoisotopic (exact) mass is 482 g/mol. The molecule has 1 N–H and O–H groups in total. The van der Waals surface area contributed by atoms with Crippen molar-refractivity contribution in [3.8, 4) is 5.75 Å². The van der Waals surface area contributed by atoms with Gasteiger partial charge in [-0.3, -0.25) is 4.90 Å². The van der Waals surface area contributed by atoms with Crippen LogP contribution in [0.25, 0.3) is 0 Å². The molecule has 0 bridgehead atoms. The number of hydrogen-bond donors (Lipinski definition) is 1. The third-order valence-corrected chi connectivity index (χ3v) is 6.77. The van der Waals surface area contributed by atoms with E-state index in [0.29, 0.717) is 18.4 Å². The van der Waals surface area contributed by atoms with Crippen molar-refractivity contribution in [3.63, 3.8) is 0 Å². The number of fused-ring (bicyclic) bond motifs is 3. The molecule has 0 spiro atoms. The molecule has 1 aliphatic heterocycles. The number of amides is 1. The quantitative estimate of drug-likeness (QED) is 0.253. The summed E-state index contributed by atoms with van der Waals surface area (Å²) in [4.78, 5) is 28.0. The predicted molar refractivity (Wildman–Crippen MR) is 122 cm³/mol. The first kappa shape index (κ1) is 25.7. The predicted octanol–water partition coefficient (Wildman–Crippen LogP) is 6.27. The maximum absolute atomic E-state index is 15.2. The highest BCUT2D eigenvalue weighted by atomic mass is 19.3. The molecule has 1 heterocycles. The van der Waals surface area contributed by atoms with Crippen LogP contribution in [0.5, 0.6) is 5.75 Å². The Bertz CT molecular complexity index is 978. The van der Waals surface area contributed by atoms with Gasteiger partial charge in [0.05, 0.1) is 12.2 Å². The molecule has 2 aliphatic rings. The van der Waals surface area contributed by atoms with Crippen LogP contribution >= 0.6 is 0 Å². The number of allylic oxidation sites excluding steroid dienone is 2. The van der Waals surface area contributed by atoms with Gasteiger partial charge in [-0.2, -0.15) is 0 Å². The normalized spacial score (nSPS) is 20.9. The lowest BCUT2D eigenvalue weighted by Gasteiger charge is -2.47. The summed E-state index contributed by atoms with van der Waals surface area (Å²) >= 11 is 0. The maximum atomic E-state index is 15.2. The van der Waals surface area contributed by atoms with Crippen LogP contribution in [0.3, 0.4) is 0 Å². The summed E-state index contributed by atoms with van der Waals surface area (Å²) < 4.78 is 36.6. The fourth-order valence-corrected chi connectivity index (χ4v) is 5.03. The van der Waals surface area contributed by atoms with E-state index in [1.54, 1.807) is 0 Å². The summed E-state index contributed by atoms with van der Waals surface area (Å²) in [6.45, 7) is 6.73. The number of carboxylic acid groups (broad SMARTS) is 1. The number of nitrogens with zero attached hydrogens (tertiary/aromatic N) is 2. The molecule has 0 radical (unpaired) electrons. The number of ether oxygens (including phenoxy) is 1. The molecule has 1 amide bonds. The van der Waals surface area contributed by atoms with E-state index in [1.165, 1.54) is 12.1 Å². The van der Waals surface area contributed by atoms with Crippen molar-refractivity contribution in [2.24, 2.45) is 5.92 Å². The topological polar surface area (TPSA) is 102 Å². The Balaban J connectivity index is 2.21. The fourth-order valence-electron chi connectivity index (χ4n) is 5.03. The van der Waals surface area contributed by atoms with E-state index in [1.807, 2.05) is 27.7 Å². The minimum atomic E-state index is -3.19. The third kappa shape index (κ3) is 5.26. The highest BCUT2D eigenvalue weighted by Gasteiger charge is 2.47. The van der Waals surface area contributed by atoms with Crippen molar-refractivity contribution in [1.82, 2.24) is 0 Å². The molecule has 34 heavy (non-hydrogen) atoms. The van der Waals surface area contributed by atoms with Crippen LogP contribution in [-0.4, -0.2) is 35.0 Å². The summed E-state index contributed by atoms with van der Waals surface area (Å²) in [7, 11) is 0. The number of hydrogen-bond acceptors (Lipinski definition) is 5. The second-order valence-corrected chi connectivity index (χ2v) is 9.60. The second kappa shape index (κ2) is 9.76. The summed E-state index contributed by atoms with van der Waals surface area (Å²) in [6.07, 6.45) is 2.83. The molecule has 1 aromatic carbocycles. The molecule has 0 fully saturated rings. The average molecular weight is 483 g/mol. The van der Waals surface area contributed by atoms with E-state index in [-0.39, 0.29) is 35.3 Å². The zero-order chi connectivity index (χ0) is 25.3. The van der Waals surface area contributed by atoms with Gasteiger partial charge in [-0.15, -0.1) is 10.1 Å². The molecule has 3 rings (SSSR count). The maximum Gasteiger partial charge on any atom is 0.411 e. The summed E-state index contributed by atoms with van der Waals surface area (Å²) in [5.41, 5.74) is 0.724. The Hall–Kier alpha value is -2.91. The summed E-state index contributed by atoms with van der Waals surface area (Å²) in [5, 5.41) is 19.5. The van der Waals surface area contributed by atoms with Gasteiger partial charge in [0.15, 0.2) is 0 Å². The molecule has 0 saturated heterocycles. The lowest BCUT2D eigenvalue weighted by molar-refractivity contribution is -0.757. The van der Waals surface area contributed by atoms with Crippen molar-refractivity contribution in [3.05, 3.63) is 45.0 Å². The Morgan fingerprint density at radius 1 is 1.41 bits per heavy atom. The van der Waals surface area contributed by atoms with Crippen LogP contribution in [0.15, 0.2) is 23.8 Å². The van der Waals surface area contributed by atoms with Gasteiger partial charge in [0.2, 0.25) is 0 Å². The molecular weight excluding hydrogens is 450 g/mol. The van der Waals surface area contributed by atoms with Crippen molar-refractivity contribution < 1.29 is 33.3 Å². The molecule has 1 aromatic rings. The Kier molecular flexibility index (Phi) is 7.38. The minimum absolute atomic E-state index is 0.0135. The molecule has 0 saturated carbocycles.